The third-order valence-electron chi connectivity index (χ3n) is 4.41. The number of aromatic amines is 1. The lowest BCUT2D eigenvalue weighted by molar-refractivity contribution is 0.416. The molecule has 4 rings (SSSR count). The number of thioether (sulfide) groups is 1. The Bertz CT molecular complexity index is 1150. The first-order valence-electron chi connectivity index (χ1n) is 8.30. The molecule has 1 aromatic carbocycles. The molecule has 0 bridgehead atoms. The number of para-hydroxylation sites is 1. The van der Waals surface area contributed by atoms with Gasteiger partial charge in [0.15, 0.2) is 0 Å². The second-order valence-corrected chi connectivity index (χ2v) is 7.38. The van der Waals surface area contributed by atoms with Crippen molar-refractivity contribution in [3.05, 3.63) is 80.8 Å². The molecule has 2 aromatic heterocycles. The Balaban J connectivity index is 1.92. The normalized spacial score (nSPS) is 16.3. The number of benzene rings is 1. The highest BCUT2D eigenvalue weighted by molar-refractivity contribution is 7.99. The Hall–Kier alpha value is -3.13. The highest BCUT2D eigenvalue weighted by Gasteiger charge is 2.26. The van der Waals surface area contributed by atoms with Crippen LogP contribution in [-0.2, 0) is 7.05 Å². The van der Waals surface area contributed by atoms with E-state index in [1.807, 2.05) is 36.4 Å². The summed E-state index contributed by atoms with van der Waals surface area (Å²) in [6.45, 7) is 0. The summed E-state index contributed by atoms with van der Waals surface area (Å²) in [5.74, 6) is -0.392. The summed E-state index contributed by atoms with van der Waals surface area (Å²) in [7, 11) is 1.40. The van der Waals surface area contributed by atoms with E-state index in [1.54, 1.807) is 24.2 Å². The van der Waals surface area contributed by atoms with Crippen LogP contribution in [0.5, 0.6) is 5.88 Å². The predicted octanol–water partition coefficient (Wildman–Crippen LogP) is 2.53. The number of fused-ring (bicyclic) bond motifs is 1. The number of nitrogens with one attached hydrogen (secondary N) is 1. The molecule has 0 amide bonds. The first-order chi connectivity index (χ1) is 13.0. The maximum Gasteiger partial charge on any atom is 0.330 e. The van der Waals surface area contributed by atoms with Crippen LogP contribution in [0.15, 0.2) is 68.3 Å². The standard InChI is InChI=1S/C19H16N4O3S/c1-23-18(25)16(17(24)22-19(23)26)13-9-15(11-5-4-8-20-10-11)27-14-7-3-2-6-12(14)21-13/h2-8,10,15,25H,9H2,1H3,(H,22,24,26)/t15-/m1/s1. The molecule has 0 spiro atoms. The van der Waals surface area contributed by atoms with Gasteiger partial charge in [0.1, 0.15) is 5.56 Å². The van der Waals surface area contributed by atoms with Gasteiger partial charge in [0.25, 0.3) is 5.56 Å². The van der Waals surface area contributed by atoms with E-state index in [4.69, 9.17) is 0 Å². The van der Waals surface area contributed by atoms with E-state index in [9.17, 15) is 14.7 Å². The second kappa shape index (κ2) is 6.88. The number of pyridine rings is 1. The van der Waals surface area contributed by atoms with Crippen LogP contribution in [0.2, 0.25) is 0 Å². The minimum absolute atomic E-state index is 0.0169. The summed E-state index contributed by atoms with van der Waals surface area (Å²) in [5.41, 5.74) is 0.834. The van der Waals surface area contributed by atoms with E-state index >= 15 is 0 Å². The molecule has 0 saturated carbocycles. The van der Waals surface area contributed by atoms with Gasteiger partial charge < -0.3 is 5.11 Å². The molecule has 27 heavy (non-hydrogen) atoms. The molecule has 7 nitrogen and oxygen atoms in total. The summed E-state index contributed by atoms with van der Waals surface area (Å²) in [6.07, 6.45) is 3.89. The van der Waals surface area contributed by atoms with Crippen LogP contribution in [0, 0.1) is 0 Å². The fraction of sp³-hybridized carbons (Fsp3) is 0.158. The van der Waals surface area contributed by atoms with Crippen LogP contribution in [-0.4, -0.2) is 25.4 Å². The van der Waals surface area contributed by atoms with E-state index in [2.05, 4.69) is 15.0 Å². The SMILES string of the molecule is Cn1c(O)c(C2=Nc3ccccc3S[C@@H](c3cccnc3)C2)c(=O)[nH]c1=O. The smallest absolute Gasteiger partial charge is 0.330 e. The lowest BCUT2D eigenvalue weighted by Crippen LogP contribution is -2.32. The van der Waals surface area contributed by atoms with Crippen molar-refractivity contribution in [2.24, 2.45) is 12.0 Å². The summed E-state index contributed by atoms with van der Waals surface area (Å²) in [5, 5.41) is 10.4. The van der Waals surface area contributed by atoms with Crippen molar-refractivity contribution in [2.45, 2.75) is 16.6 Å². The van der Waals surface area contributed by atoms with E-state index in [0.717, 1.165) is 20.7 Å². The first-order valence-corrected chi connectivity index (χ1v) is 9.18. The topological polar surface area (TPSA) is 100 Å². The number of H-pyrrole nitrogens is 1. The van der Waals surface area contributed by atoms with Crippen molar-refractivity contribution in [1.29, 1.82) is 0 Å². The molecule has 136 valence electrons. The summed E-state index contributed by atoms with van der Waals surface area (Å²) < 4.78 is 1.00. The highest BCUT2D eigenvalue weighted by atomic mass is 32.2. The van der Waals surface area contributed by atoms with Gasteiger partial charge in [0.2, 0.25) is 5.88 Å². The summed E-state index contributed by atoms with van der Waals surface area (Å²) in [4.78, 5) is 36.3. The molecule has 0 aliphatic carbocycles. The number of rotatable bonds is 2. The molecule has 0 radical (unpaired) electrons. The van der Waals surface area contributed by atoms with E-state index in [1.165, 1.54) is 7.05 Å². The molecule has 1 aliphatic heterocycles. The third-order valence-corrected chi connectivity index (χ3v) is 5.73. The van der Waals surface area contributed by atoms with E-state index in [0.29, 0.717) is 12.1 Å². The van der Waals surface area contributed by atoms with Gasteiger partial charge in [0.05, 0.1) is 11.4 Å². The fourth-order valence-electron chi connectivity index (χ4n) is 2.99. The Morgan fingerprint density at radius 1 is 1.22 bits per heavy atom. The molecule has 2 N–H and O–H groups in total. The average Bonchev–Trinajstić information content (AvgIpc) is 2.86. The molecule has 1 aliphatic rings. The molecular weight excluding hydrogens is 364 g/mol. The molecule has 0 fully saturated rings. The van der Waals surface area contributed by atoms with E-state index < -0.39 is 17.1 Å². The maximum atomic E-state index is 12.5. The zero-order valence-electron chi connectivity index (χ0n) is 14.4. The molecule has 0 saturated heterocycles. The average molecular weight is 380 g/mol. The fourth-order valence-corrected chi connectivity index (χ4v) is 4.20. The van der Waals surface area contributed by atoms with Crippen LogP contribution >= 0.6 is 11.8 Å². The number of hydrogen-bond acceptors (Lipinski definition) is 6. The largest absolute Gasteiger partial charge is 0.494 e. The van der Waals surface area contributed by atoms with Gasteiger partial charge in [-0.2, -0.15) is 0 Å². The first kappa shape index (κ1) is 17.3. The Kier molecular flexibility index (Phi) is 4.41. The zero-order valence-corrected chi connectivity index (χ0v) is 15.2. The van der Waals surface area contributed by atoms with Crippen molar-refractivity contribution in [1.82, 2.24) is 14.5 Å². The van der Waals surface area contributed by atoms with Crippen molar-refractivity contribution in [3.63, 3.8) is 0 Å². The maximum absolute atomic E-state index is 12.5. The lowest BCUT2D eigenvalue weighted by atomic mass is 10.0. The van der Waals surface area contributed by atoms with Crippen LogP contribution < -0.4 is 11.2 Å². The number of aromatic hydroxyl groups is 1. The highest BCUT2D eigenvalue weighted by Crippen LogP contribution is 2.45. The Morgan fingerprint density at radius 3 is 2.81 bits per heavy atom. The number of aliphatic imine (C=N–C) groups is 1. The third kappa shape index (κ3) is 3.19. The predicted molar refractivity (Wildman–Crippen MR) is 104 cm³/mol. The summed E-state index contributed by atoms with van der Waals surface area (Å²) >= 11 is 1.63. The molecular formula is C19H16N4O3S. The van der Waals surface area contributed by atoms with Gasteiger partial charge in [-0.1, -0.05) is 18.2 Å². The minimum atomic E-state index is -0.672. The zero-order chi connectivity index (χ0) is 19.0. The molecule has 8 heteroatoms. The van der Waals surface area contributed by atoms with Gasteiger partial charge in [-0.15, -0.1) is 11.8 Å². The second-order valence-electron chi connectivity index (χ2n) is 6.14. The van der Waals surface area contributed by atoms with Crippen LogP contribution in [0.3, 0.4) is 0 Å². The van der Waals surface area contributed by atoms with Crippen molar-refractivity contribution >= 4 is 23.2 Å². The van der Waals surface area contributed by atoms with Gasteiger partial charge >= 0.3 is 5.69 Å². The van der Waals surface area contributed by atoms with Crippen LogP contribution in [0.1, 0.15) is 22.8 Å². The van der Waals surface area contributed by atoms with Crippen molar-refractivity contribution in [3.8, 4) is 5.88 Å². The number of hydrogen-bond donors (Lipinski definition) is 2. The molecule has 3 heterocycles. The van der Waals surface area contributed by atoms with Crippen LogP contribution in [0.4, 0.5) is 5.69 Å². The van der Waals surface area contributed by atoms with E-state index in [-0.39, 0.29) is 10.8 Å². The molecule has 1 atom stereocenters. The number of aromatic nitrogens is 3. The molecule has 0 unspecified atom stereocenters. The van der Waals surface area contributed by atoms with Crippen LogP contribution in [0.25, 0.3) is 0 Å². The molecule has 3 aromatic rings. The summed E-state index contributed by atoms with van der Waals surface area (Å²) in [6, 6.07) is 11.5. The van der Waals surface area contributed by atoms with Gasteiger partial charge in [0, 0.05) is 36.0 Å². The number of nitrogens with zero attached hydrogens (tertiary/aromatic N) is 3. The lowest BCUT2D eigenvalue weighted by Gasteiger charge is -2.16. The van der Waals surface area contributed by atoms with Gasteiger partial charge in [-0.05, 0) is 23.8 Å². The van der Waals surface area contributed by atoms with Gasteiger partial charge in [-0.25, -0.2) is 4.79 Å². The van der Waals surface area contributed by atoms with Crippen molar-refractivity contribution in [2.75, 3.05) is 0 Å². The Labute approximate surface area is 158 Å². The van der Waals surface area contributed by atoms with Crippen molar-refractivity contribution < 1.29 is 5.11 Å². The minimum Gasteiger partial charge on any atom is -0.494 e. The monoisotopic (exact) mass is 380 g/mol. The quantitative estimate of drug-likeness (QED) is 0.712. The Morgan fingerprint density at radius 2 is 2.04 bits per heavy atom. The van der Waals surface area contributed by atoms with Gasteiger partial charge in [-0.3, -0.25) is 24.3 Å².